The van der Waals surface area contributed by atoms with E-state index in [4.69, 9.17) is 0 Å². The van der Waals surface area contributed by atoms with Crippen molar-refractivity contribution in [2.45, 2.75) is 38.9 Å². The summed E-state index contributed by atoms with van der Waals surface area (Å²) in [5.41, 5.74) is 1.78. The van der Waals surface area contributed by atoms with Gasteiger partial charge in [0.1, 0.15) is 0 Å². The Morgan fingerprint density at radius 2 is 2.17 bits per heavy atom. The first-order valence-corrected chi connectivity index (χ1v) is 7.04. The molecule has 0 aromatic carbocycles. The molecule has 0 fully saturated rings. The zero-order valence-electron chi connectivity index (χ0n) is 11.5. The van der Waals surface area contributed by atoms with E-state index in [9.17, 15) is 4.79 Å². The third kappa shape index (κ3) is 5.63. The summed E-state index contributed by atoms with van der Waals surface area (Å²) in [6, 6.07) is 3.53. The average molecular weight is 313 g/mol. The molecule has 1 aromatic rings. The molecule has 1 unspecified atom stereocenters. The van der Waals surface area contributed by atoms with Crippen LogP contribution in [0.1, 0.15) is 43.2 Å². The molecule has 0 radical (unpaired) electrons. The molecular weight excluding hydrogens is 292 g/mol. The molecule has 18 heavy (non-hydrogen) atoms. The number of nitrogens with zero attached hydrogens (tertiary/aromatic N) is 1. The van der Waals surface area contributed by atoms with E-state index in [1.165, 1.54) is 0 Å². The minimum atomic E-state index is -0.0427. The van der Waals surface area contributed by atoms with Gasteiger partial charge in [-0.25, -0.2) is 0 Å². The smallest absolute Gasteiger partial charge is 0.251 e. The van der Waals surface area contributed by atoms with Gasteiger partial charge >= 0.3 is 0 Å². The molecule has 1 N–H and O–H groups in total. The first-order valence-electron chi connectivity index (χ1n) is 6.13. The van der Waals surface area contributed by atoms with Gasteiger partial charge in [-0.05, 0) is 30.9 Å². The topological polar surface area (TPSA) is 42.0 Å². The Labute approximate surface area is 118 Å². The number of pyridine rings is 1. The fraction of sp³-hybridized carbons (Fsp3) is 0.571. The number of nitrogens with one attached hydrogen (secondary N) is 1. The van der Waals surface area contributed by atoms with Gasteiger partial charge in [-0.1, -0.05) is 36.7 Å². The van der Waals surface area contributed by atoms with Crippen LogP contribution in [-0.4, -0.2) is 22.3 Å². The predicted octanol–water partition coefficient (Wildman–Crippen LogP) is 3.32. The number of alkyl halides is 1. The third-order valence-electron chi connectivity index (χ3n) is 2.48. The Hall–Kier alpha value is -0.900. The van der Waals surface area contributed by atoms with Crippen LogP contribution in [0, 0.1) is 12.3 Å². The van der Waals surface area contributed by atoms with Crippen LogP contribution in [0.2, 0.25) is 0 Å². The molecule has 0 saturated carbocycles. The highest BCUT2D eigenvalue weighted by Crippen LogP contribution is 2.24. The predicted molar refractivity (Wildman–Crippen MR) is 78.1 cm³/mol. The normalized spacial score (nSPS) is 13.2. The summed E-state index contributed by atoms with van der Waals surface area (Å²) in [5, 5.41) is 2.93. The van der Waals surface area contributed by atoms with Crippen LogP contribution in [0.3, 0.4) is 0 Å². The molecule has 0 saturated heterocycles. The molecule has 1 rings (SSSR count). The van der Waals surface area contributed by atoms with Crippen molar-refractivity contribution in [2.24, 2.45) is 5.41 Å². The lowest BCUT2D eigenvalue weighted by atomic mass is 9.90. The van der Waals surface area contributed by atoms with E-state index in [-0.39, 0.29) is 11.3 Å². The second-order valence-electron chi connectivity index (χ2n) is 5.76. The number of halogens is 1. The molecule has 3 nitrogen and oxygen atoms in total. The molecule has 100 valence electrons. The molecule has 1 heterocycles. The monoisotopic (exact) mass is 312 g/mol. The van der Waals surface area contributed by atoms with Crippen LogP contribution in [0.5, 0.6) is 0 Å². The summed E-state index contributed by atoms with van der Waals surface area (Å²) < 4.78 is 0. The zero-order chi connectivity index (χ0) is 13.8. The highest BCUT2D eigenvalue weighted by atomic mass is 79.9. The summed E-state index contributed by atoms with van der Waals surface area (Å²) in [5.74, 6) is -0.0427. The molecule has 0 aliphatic heterocycles. The van der Waals surface area contributed by atoms with Crippen molar-refractivity contribution in [1.29, 1.82) is 0 Å². The third-order valence-corrected chi connectivity index (χ3v) is 3.12. The van der Waals surface area contributed by atoms with Gasteiger partial charge in [0.25, 0.3) is 5.91 Å². The van der Waals surface area contributed by atoms with Crippen molar-refractivity contribution in [3.05, 3.63) is 29.6 Å². The molecule has 4 heteroatoms. The van der Waals surface area contributed by atoms with E-state index in [2.05, 4.69) is 47.0 Å². The fourth-order valence-electron chi connectivity index (χ4n) is 1.73. The van der Waals surface area contributed by atoms with Crippen LogP contribution < -0.4 is 5.32 Å². The first-order chi connectivity index (χ1) is 8.28. The van der Waals surface area contributed by atoms with Gasteiger partial charge in [-0.3, -0.25) is 9.78 Å². The summed E-state index contributed by atoms with van der Waals surface area (Å²) in [4.78, 5) is 16.3. The lowest BCUT2D eigenvalue weighted by Gasteiger charge is -2.22. The highest BCUT2D eigenvalue weighted by molar-refractivity contribution is 9.09. The van der Waals surface area contributed by atoms with Crippen LogP contribution in [0.4, 0.5) is 0 Å². The van der Waals surface area contributed by atoms with Crippen LogP contribution in [0.15, 0.2) is 18.3 Å². The van der Waals surface area contributed by atoms with Gasteiger partial charge in [0.05, 0.1) is 0 Å². The maximum absolute atomic E-state index is 11.9. The van der Waals surface area contributed by atoms with Crippen LogP contribution in [0.25, 0.3) is 0 Å². The zero-order valence-corrected chi connectivity index (χ0v) is 13.0. The minimum Gasteiger partial charge on any atom is -0.351 e. The largest absolute Gasteiger partial charge is 0.351 e. The Morgan fingerprint density at radius 1 is 1.50 bits per heavy atom. The number of aryl methyl sites for hydroxylation is 1. The SMILES string of the molecule is Cc1cc(C(=O)NCC(Br)CC(C)(C)C)ccn1. The molecule has 1 atom stereocenters. The maximum Gasteiger partial charge on any atom is 0.251 e. The minimum absolute atomic E-state index is 0.0427. The number of amides is 1. The number of hydrogen-bond acceptors (Lipinski definition) is 2. The maximum atomic E-state index is 11.9. The Morgan fingerprint density at radius 3 is 2.72 bits per heavy atom. The Kier molecular flexibility index (Phi) is 5.32. The summed E-state index contributed by atoms with van der Waals surface area (Å²) in [6.45, 7) is 9.08. The molecule has 0 aliphatic rings. The van der Waals surface area contributed by atoms with E-state index < -0.39 is 0 Å². The molecule has 1 amide bonds. The lowest BCUT2D eigenvalue weighted by molar-refractivity contribution is 0.0952. The van der Waals surface area contributed by atoms with Gasteiger partial charge in [-0.15, -0.1) is 0 Å². The molecule has 0 aliphatic carbocycles. The first kappa shape index (κ1) is 15.2. The fourth-order valence-corrected chi connectivity index (χ4v) is 2.86. The average Bonchev–Trinajstić information content (AvgIpc) is 2.23. The van der Waals surface area contributed by atoms with E-state index in [0.717, 1.165) is 12.1 Å². The second-order valence-corrected chi connectivity index (χ2v) is 7.05. The Balaban J connectivity index is 2.47. The molecule has 0 spiro atoms. The van der Waals surface area contributed by atoms with Crippen molar-refractivity contribution in [3.8, 4) is 0 Å². The van der Waals surface area contributed by atoms with Crippen molar-refractivity contribution in [3.63, 3.8) is 0 Å². The van der Waals surface area contributed by atoms with Crippen molar-refractivity contribution in [1.82, 2.24) is 10.3 Å². The quantitative estimate of drug-likeness (QED) is 0.867. The number of carbonyl (C=O) groups excluding carboxylic acids is 1. The van der Waals surface area contributed by atoms with E-state index in [1.54, 1.807) is 18.3 Å². The standard InChI is InChI=1S/C14H21BrN2O/c1-10-7-11(5-6-16-10)13(18)17-9-12(15)8-14(2,3)4/h5-7,12H,8-9H2,1-4H3,(H,17,18). The van der Waals surface area contributed by atoms with Crippen molar-refractivity contribution in [2.75, 3.05) is 6.54 Å². The van der Waals surface area contributed by atoms with Gasteiger partial charge < -0.3 is 5.32 Å². The highest BCUT2D eigenvalue weighted by Gasteiger charge is 2.17. The summed E-state index contributed by atoms with van der Waals surface area (Å²) >= 11 is 3.60. The van der Waals surface area contributed by atoms with Gasteiger partial charge in [-0.2, -0.15) is 0 Å². The number of rotatable bonds is 4. The van der Waals surface area contributed by atoms with Crippen molar-refractivity contribution >= 4 is 21.8 Å². The second kappa shape index (κ2) is 6.32. The lowest BCUT2D eigenvalue weighted by Crippen LogP contribution is -2.31. The summed E-state index contributed by atoms with van der Waals surface area (Å²) in [6.07, 6.45) is 2.67. The van der Waals surface area contributed by atoms with Crippen LogP contribution >= 0.6 is 15.9 Å². The number of hydrogen-bond donors (Lipinski definition) is 1. The van der Waals surface area contributed by atoms with Gasteiger partial charge in [0.2, 0.25) is 0 Å². The van der Waals surface area contributed by atoms with E-state index >= 15 is 0 Å². The number of aromatic nitrogens is 1. The number of carbonyl (C=O) groups is 1. The van der Waals surface area contributed by atoms with Crippen LogP contribution in [-0.2, 0) is 0 Å². The summed E-state index contributed by atoms with van der Waals surface area (Å²) in [7, 11) is 0. The van der Waals surface area contributed by atoms with E-state index in [1.807, 2.05) is 6.92 Å². The van der Waals surface area contributed by atoms with Gasteiger partial charge in [0, 0.05) is 28.8 Å². The Bertz CT molecular complexity index is 413. The van der Waals surface area contributed by atoms with Crippen molar-refractivity contribution < 1.29 is 4.79 Å². The van der Waals surface area contributed by atoms with E-state index in [0.29, 0.717) is 16.9 Å². The van der Waals surface area contributed by atoms with Gasteiger partial charge in [0.15, 0.2) is 0 Å². The molecular formula is C14H21BrN2O. The molecule has 1 aromatic heterocycles. The molecule has 0 bridgehead atoms.